The summed E-state index contributed by atoms with van der Waals surface area (Å²) in [4.78, 5) is 29.1. The molecule has 1 rings (SSSR count). The van der Waals surface area contributed by atoms with Gasteiger partial charge in [-0.25, -0.2) is 4.98 Å². The van der Waals surface area contributed by atoms with Crippen LogP contribution in [0.3, 0.4) is 0 Å². The van der Waals surface area contributed by atoms with Crippen molar-refractivity contribution in [1.82, 2.24) is 14.5 Å². The van der Waals surface area contributed by atoms with E-state index in [9.17, 15) is 9.59 Å². The van der Waals surface area contributed by atoms with Crippen LogP contribution in [0.2, 0.25) is 0 Å². The van der Waals surface area contributed by atoms with Crippen molar-refractivity contribution in [2.45, 2.75) is 44.8 Å². The Hall–Kier alpha value is -1.50. The molecule has 0 spiro atoms. The van der Waals surface area contributed by atoms with Crippen LogP contribution in [0.25, 0.3) is 0 Å². The zero-order valence-electron chi connectivity index (χ0n) is 13.2. The highest BCUT2D eigenvalue weighted by Gasteiger charge is 2.25. The first kappa shape index (κ1) is 17.6. The van der Waals surface area contributed by atoms with Gasteiger partial charge in [0.2, 0.25) is 5.91 Å². The average Bonchev–Trinajstić information content (AvgIpc) is 2.86. The number of carboxylic acid groups (broad SMARTS) is 1. The number of hydrogen-bond acceptors (Lipinski definition) is 4. The van der Waals surface area contributed by atoms with Gasteiger partial charge in [-0.2, -0.15) is 0 Å². The van der Waals surface area contributed by atoms with E-state index in [4.69, 9.17) is 5.11 Å². The molecule has 0 saturated carbocycles. The fraction of sp³-hybridized carbons (Fsp3) is 0.643. The summed E-state index contributed by atoms with van der Waals surface area (Å²) in [5.74, 6) is -0.766. The number of carboxylic acids is 1. The number of aromatic nitrogens is 2. The van der Waals surface area contributed by atoms with Crippen LogP contribution < -0.4 is 0 Å². The lowest BCUT2D eigenvalue weighted by Crippen LogP contribution is -2.33. The number of likely N-dealkylation sites (N-methyl/N-ethyl adjacent to an activating group) is 1. The lowest BCUT2D eigenvalue weighted by atomic mass is 10.1. The molecule has 1 aromatic rings. The second-order valence-corrected chi connectivity index (χ2v) is 6.14. The van der Waals surface area contributed by atoms with Crippen molar-refractivity contribution in [1.29, 1.82) is 0 Å². The number of carbonyl (C=O) groups excluding carboxylic acids is 1. The molecular formula is C14H23N3O3S. The first-order valence-corrected chi connectivity index (χ1v) is 7.94. The van der Waals surface area contributed by atoms with E-state index in [1.54, 1.807) is 18.1 Å². The quantitative estimate of drug-likeness (QED) is 0.781. The minimum absolute atomic E-state index is 0.00502. The molecule has 0 aromatic carbocycles. The van der Waals surface area contributed by atoms with Crippen LogP contribution in [0.15, 0.2) is 11.4 Å². The Morgan fingerprint density at radius 1 is 1.43 bits per heavy atom. The van der Waals surface area contributed by atoms with Crippen LogP contribution in [0.5, 0.6) is 0 Å². The molecule has 0 bridgehead atoms. The molecule has 0 aliphatic heterocycles. The Morgan fingerprint density at radius 2 is 2.05 bits per heavy atom. The molecule has 7 heteroatoms. The third-order valence-electron chi connectivity index (χ3n) is 3.30. The van der Waals surface area contributed by atoms with Gasteiger partial charge in [0.15, 0.2) is 5.16 Å². The first-order chi connectivity index (χ1) is 9.79. The number of rotatable bonds is 7. The predicted molar refractivity (Wildman–Crippen MR) is 82.7 cm³/mol. The second-order valence-electron chi connectivity index (χ2n) is 5.20. The summed E-state index contributed by atoms with van der Waals surface area (Å²) in [6.45, 7) is 8.43. The van der Waals surface area contributed by atoms with Crippen molar-refractivity contribution in [2.75, 3.05) is 19.3 Å². The third-order valence-corrected chi connectivity index (χ3v) is 4.25. The lowest BCUT2D eigenvalue weighted by molar-refractivity contribution is -0.134. The van der Waals surface area contributed by atoms with Gasteiger partial charge in [-0.3, -0.25) is 9.59 Å². The second kappa shape index (κ2) is 7.49. The van der Waals surface area contributed by atoms with E-state index in [-0.39, 0.29) is 17.6 Å². The standard InChI is InChI=1S/C14H23N3O3S/c1-6-16(5)13(20)10(4)17-11(9(2)3)7-15-14(17)21-8-12(18)19/h7,9-10H,6,8H2,1-5H3,(H,18,19). The molecule has 0 aliphatic rings. The number of amides is 1. The highest BCUT2D eigenvalue weighted by atomic mass is 32.2. The van der Waals surface area contributed by atoms with Gasteiger partial charge in [-0.15, -0.1) is 0 Å². The number of thioether (sulfide) groups is 1. The monoisotopic (exact) mass is 313 g/mol. The Balaban J connectivity index is 3.13. The minimum Gasteiger partial charge on any atom is -0.481 e. The van der Waals surface area contributed by atoms with Crippen molar-refractivity contribution < 1.29 is 14.7 Å². The van der Waals surface area contributed by atoms with E-state index in [1.807, 2.05) is 32.3 Å². The van der Waals surface area contributed by atoms with Crippen molar-refractivity contribution >= 4 is 23.6 Å². The molecule has 0 fully saturated rings. The molecule has 1 aromatic heterocycles. The van der Waals surface area contributed by atoms with Gasteiger partial charge in [-0.1, -0.05) is 25.6 Å². The van der Waals surface area contributed by atoms with E-state index >= 15 is 0 Å². The molecule has 118 valence electrons. The van der Waals surface area contributed by atoms with Crippen LogP contribution >= 0.6 is 11.8 Å². The molecule has 6 nitrogen and oxygen atoms in total. The number of hydrogen-bond donors (Lipinski definition) is 1. The maximum absolute atomic E-state index is 12.4. The minimum atomic E-state index is -0.898. The molecule has 1 unspecified atom stereocenters. The molecular weight excluding hydrogens is 290 g/mol. The molecule has 1 amide bonds. The Labute approximate surface area is 129 Å². The highest BCUT2D eigenvalue weighted by molar-refractivity contribution is 7.99. The van der Waals surface area contributed by atoms with Crippen molar-refractivity contribution in [2.24, 2.45) is 0 Å². The van der Waals surface area contributed by atoms with E-state index < -0.39 is 12.0 Å². The van der Waals surface area contributed by atoms with E-state index in [2.05, 4.69) is 4.98 Å². The van der Waals surface area contributed by atoms with Crippen molar-refractivity contribution in [3.63, 3.8) is 0 Å². The number of aliphatic carboxylic acids is 1. The molecule has 0 radical (unpaired) electrons. The third kappa shape index (κ3) is 4.23. The molecule has 0 aliphatic carbocycles. The van der Waals surface area contributed by atoms with Crippen LogP contribution in [-0.4, -0.2) is 50.8 Å². The average molecular weight is 313 g/mol. The Kier molecular flexibility index (Phi) is 6.26. The van der Waals surface area contributed by atoms with Gasteiger partial charge >= 0.3 is 5.97 Å². The molecule has 1 heterocycles. The SMILES string of the molecule is CCN(C)C(=O)C(C)n1c(C(C)C)cnc1SCC(=O)O. The summed E-state index contributed by atoms with van der Waals surface area (Å²) >= 11 is 1.14. The van der Waals surface area contributed by atoms with Crippen LogP contribution in [0.4, 0.5) is 0 Å². The largest absolute Gasteiger partial charge is 0.481 e. The summed E-state index contributed by atoms with van der Waals surface area (Å²) in [5, 5.41) is 9.40. The number of carbonyl (C=O) groups is 2. The van der Waals surface area contributed by atoms with Gasteiger partial charge in [0.05, 0.1) is 5.75 Å². The highest BCUT2D eigenvalue weighted by Crippen LogP contribution is 2.28. The van der Waals surface area contributed by atoms with Crippen LogP contribution in [0.1, 0.15) is 45.3 Å². The summed E-state index contributed by atoms with van der Waals surface area (Å²) in [7, 11) is 1.76. The molecule has 1 N–H and O–H groups in total. The topological polar surface area (TPSA) is 75.4 Å². The molecule has 1 atom stereocenters. The molecule has 21 heavy (non-hydrogen) atoms. The van der Waals surface area contributed by atoms with E-state index in [1.165, 1.54) is 0 Å². The zero-order valence-corrected chi connectivity index (χ0v) is 14.0. The van der Waals surface area contributed by atoms with Crippen molar-refractivity contribution in [3.05, 3.63) is 11.9 Å². The fourth-order valence-electron chi connectivity index (χ4n) is 1.99. The molecule has 0 saturated heterocycles. The summed E-state index contributed by atoms with van der Waals surface area (Å²) in [5.41, 5.74) is 0.938. The van der Waals surface area contributed by atoms with E-state index in [0.717, 1.165) is 17.5 Å². The fourth-order valence-corrected chi connectivity index (χ4v) is 2.77. The number of nitrogens with zero attached hydrogens (tertiary/aromatic N) is 3. The normalized spacial score (nSPS) is 12.5. The van der Waals surface area contributed by atoms with Crippen LogP contribution in [0, 0.1) is 0 Å². The van der Waals surface area contributed by atoms with Crippen LogP contribution in [-0.2, 0) is 9.59 Å². The Bertz CT molecular complexity index is 514. The smallest absolute Gasteiger partial charge is 0.313 e. The lowest BCUT2D eigenvalue weighted by Gasteiger charge is -2.24. The predicted octanol–water partition coefficient (Wildman–Crippen LogP) is 2.22. The Morgan fingerprint density at radius 3 is 2.52 bits per heavy atom. The van der Waals surface area contributed by atoms with Gasteiger partial charge in [0.25, 0.3) is 0 Å². The summed E-state index contributed by atoms with van der Waals surface area (Å²) in [6, 6.07) is -0.397. The first-order valence-electron chi connectivity index (χ1n) is 6.96. The van der Waals surface area contributed by atoms with Gasteiger partial charge < -0.3 is 14.6 Å². The maximum atomic E-state index is 12.4. The van der Waals surface area contributed by atoms with E-state index in [0.29, 0.717) is 11.7 Å². The van der Waals surface area contributed by atoms with Crippen molar-refractivity contribution in [3.8, 4) is 0 Å². The maximum Gasteiger partial charge on any atom is 0.313 e. The zero-order chi connectivity index (χ0) is 16.2. The van der Waals surface area contributed by atoms with Gasteiger partial charge in [0.1, 0.15) is 6.04 Å². The van der Waals surface area contributed by atoms with Gasteiger partial charge in [-0.05, 0) is 19.8 Å². The summed E-state index contributed by atoms with van der Waals surface area (Å²) < 4.78 is 1.85. The van der Waals surface area contributed by atoms with Gasteiger partial charge in [0, 0.05) is 25.5 Å². The summed E-state index contributed by atoms with van der Waals surface area (Å²) in [6.07, 6.45) is 1.73. The number of imidazole rings is 1.